The number of aliphatic imine (C=N–C) groups is 1. The minimum Gasteiger partial charge on any atom is -0.393 e. The second-order valence-electron chi connectivity index (χ2n) is 6.79. The molecule has 1 saturated heterocycles. The summed E-state index contributed by atoms with van der Waals surface area (Å²) in [5.74, 6) is 1.14. The number of halogens is 1. The van der Waals surface area contributed by atoms with E-state index in [4.69, 9.17) is 0 Å². The maximum atomic E-state index is 11.8. The Morgan fingerprint density at radius 3 is 2.52 bits per heavy atom. The molecule has 0 radical (unpaired) electrons. The number of nitrogens with one attached hydrogen (secondary N) is 1. The summed E-state index contributed by atoms with van der Waals surface area (Å²) in [4.78, 5) is 20.1. The first kappa shape index (κ1) is 20.5. The number of likely N-dealkylation sites (N-methyl/N-ethyl adjacent to an activating group) is 1. The molecule has 23 heavy (non-hydrogen) atoms. The van der Waals surface area contributed by atoms with Gasteiger partial charge in [0.25, 0.3) is 0 Å². The summed E-state index contributed by atoms with van der Waals surface area (Å²) in [6.45, 7) is 3.74. The van der Waals surface area contributed by atoms with E-state index in [1.54, 1.807) is 19.0 Å². The normalized spacial score (nSPS) is 23.6. The van der Waals surface area contributed by atoms with Gasteiger partial charge in [-0.25, -0.2) is 4.99 Å². The predicted molar refractivity (Wildman–Crippen MR) is 103 cm³/mol. The van der Waals surface area contributed by atoms with Crippen LogP contribution in [0.15, 0.2) is 4.99 Å². The summed E-state index contributed by atoms with van der Waals surface area (Å²) in [6.07, 6.45) is 5.56. The SMILES string of the molecule is CC(O)C1CCN(C(=NCC(=O)N(C)C)NC2CCCC2)C1.I. The smallest absolute Gasteiger partial charge is 0.243 e. The first-order valence-corrected chi connectivity index (χ1v) is 8.41. The highest BCUT2D eigenvalue weighted by Crippen LogP contribution is 2.22. The van der Waals surface area contributed by atoms with E-state index >= 15 is 0 Å². The van der Waals surface area contributed by atoms with Crippen molar-refractivity contribution in [3.05, 3.63) is 0 Å². The van der Waals surface area contributed by atoms with Crippen molar-refractivity contribution in [1.29, 1.82) is 0 Å². The summed E-state index contributed by atoms with van der Waals surface area (Å²) in [5.41, 5.74) is 0. The largest absolute Gasteiger partial charge is 0.393 e. The maximum absolute atomic E-state index is 11.8. The lowest BCUT2D eigenvalue weighted by Gasteiger charge is -2.25. The molecule has 0 aromatic rings. The highest BCUT2D eigenvalue weighted by atomic mass is 127. The minimum atomic E-state index is -0.291. The van der Waals surface area contributed by atoms with E-state index < -0.39 is 0 Å². The molecule has 0 spiro atoms. The lowest BCUT2D eigenvalue weighted by molar-refractivity contribution is -0.127. The molecule has 1 aliphatic carbocycles. The van der Waals surface area contributed by atoms with E-state index in [0.29, 0.717) is 12.0 Å². The van der Waals surface area contributed by atoms with Crippen LogP contribution in [0, 0.1) is 5.92 Å². The van der Waals surface area contributed by atoms with Crippen molar-refractivity contribution in [2.24, 2.45) is 10.9 Å². The summed E-state index contributed by atoms with van der Waals surface area (Å²) in [5, 5.41) is 13.3. The molecule has 2 atom stereocenters. The number of aliphatic hydroxyl groups excluding tert-OH is 1. The fourth-order valence-corrected chi connectivity index (χ4v) is 3.15. The fourth-order valence-electron chi connectivity index (χ4n) is 3.15. The Bertz CT molecular complexity index is 409. The molecule has 1 amide bonds. The summed E-state index contributed by atoms with van der Waals surface area (Å²) in [7, 11) is 3.50. The molecule has 6 nitrogen and oxygen atoms in total. The predicted octanol–water partition coefficient (Wildman–Crippen LogP) is 1.28. The topological polar surface area (TPSA) is 68.2 Å². The number of carbonyl (C=O) groups excluding carboxylic acids is 1. The third-order valence-electron chi connectivity index (χ3n) is 4.76. The molecular formula is C16H31IN4O2. The molecule has 1 saturated carbocycles. The minimum absolute atomic E-state index is 0. The Kier molecular flexibility index (Phi) is 8.60. The van der Waals surface area contributed by atoms with Crippen molar-refractivity contribution in [3.8, 4) is 0 Å². The number of carbonyl (C=O) groups is 1. The van der Waals surface area contributed by atoms with Gasteiger partial charge in [0.15, 0.2) is 5.96 Å². The van der Waals surface area contributed by atoms with Gasteiger partial charge in [-0.1, -0.05) is 12.8 Å². The van der Waals surface area contributed by atoms with Crippen LogP contribution < -0.4 is 5.32 Å². The fraction of sp³-hybridized carbons (Fsp3) is 0.875. The quantitative estimate of drug-likeness (QED) is 0.395. The van der Waals surface area contributed by atoms with Gasteiger partial charge in [0.05, 0.1) is 6.10 Å². The number of rotatable bonds is 4. The zero-order valence-corrected chi connectivity index (χ0v) is 16.8. The van der Waals surface area contributed by atoms with Crippen molar-refractivity contribution < 1.29 is 9.90 Å². The average Bonchev–Trinajstić information content (AvgIpc) is 3.13. The van der Waals surface area contributed by atoms with E-state index in [9.17, 15) is 9.90 Å². The monoisotopic (exact) mass is 438 g/mol. The second kappa shape index (κ2) is 9.66. The standard InChI is InChI=1S/C16H30N4O2.HI/c1-12(21)13-8-9-20(11-13)16(17-10-15(22)19(2)3)18-14-6-4-5-7-14;/h12-14,21H,4-11H2,1-3H3,(H,17,18);1H. The summed E-state index contributed by atoms with van der Waals surface area (Å²) < 4.78 is 0. The van der Waals surface area contributed by atoms with E-state index in [-0.39, 0.29) is 42.5 Å². The molecule has 0 aromatic heterocycles. The molecule has 134 valence electrons. The van der Waals surface area contributed by atoms with Crippen LogP contribution >= 0.6 is 24.0 Å². The second-order valence-corrected chi connectivity index (χ2v) is 6.79. The summed E-state index contributed by atoms with van der Waals surface area (Å²) >= 11 is 0. The average molecular weight is 438 g/mol. The highest BCUT2D eigenvalue weighted by Gasteiger charge is 2.29. The molecule has 0 aromatic carbocycles. The first-order chi connectivity index (χ1) is 10.5. The number of aliphatic hydroxyl groups is 1. The van der Waals surface area contributed by atoms with Gasteiger partial charge in [-0.15, -0.1) is 24.0 Å². The Morgan fingerprint density at radius 1 is 1.35 bits per heavy atom. The molecule has 0 bridgehead atoms. The van der Waals surface area contributed by atoms with Crippen LogP contribution in [0.3, 0.4) is 0 Å². The number of likely N-dealkylation sites (tertiary alicyclic amines) is 1. The molecule has 2 N–H and O–H groups in total. The van der Waals surface area contributed by atoms with Gasteiger partial charge < -0.3 is 20.2 Å². The van der Waals surface area contributed by atoms with Gasteiger partial charge in [0.2, 0.25) is 5.91 Å². The molecule has 1 aliphatic heterocycles. The molecule has 2 fully saturated rings. The number of hydrogen-bond acceptors (Lipinski definition) is 3. The molecule has 2 unspecified atom stereocenters. The molecule has 7 heteroatoms. The first-order valence-electron chi connectivity index (χ1n) is 8.41. The van der Waals surface area contributed by atoms with Crippen LogP contribution in [-0.4, -0.2) is 72.6 Å². The van der Waals surface area contributed by atoms with E-state index in [1.165, 1.54) is 25.7 Å². The Labute approximate surface area is 156 Å². The van der Waals surface area contributed by atoms with E-state index in [1.807, 2.05) is 6.92 Å². The highest BCUT2D eigenvalue weighted by molar-refractivity contribution is 14.0. The third-order valence-corrected chi connectivity index (χ3v) is 4.76. The Balaban J connectivity index is 0.00000264. The van der Waals surface area contributed by atoms with Crippen LogP contribution in [0.2, 0.25) is 0 Å². The Hall–Kier alpha value is -0.570. The van der Waals surface area contributed by atoms with Crippen molar-refractivity contribution in [2.75, 3.05) is 33.7 Å². The van der Waals surface area contributed by atoms with Crippen LogP contribution in [0.25, 0.3) is 0 Å². The molecule has 1 heterocycles. The van der Waals surface area contributed by atoms with Crippen molar-refractivity contribution >= 4 is 35.8 Å². The van der Waals surface area contributed by atoms with E-state index in [2.05, 4.69) is 15.2 Å². The number of guanidine groups is 1. The van der Waals surface area contributed by atoms with Crippen molar-refractivity contribution in [2.45, 2.75) is 51.2 Å². The third kappa shape index (κ3) is 6.10. The molecule has 2 rings (SSSR count). The van der Waals surface area contributed by atoms with Gasteiger partial charge in [0, 0.05) is 39.1 Å². The lowest BCUT2D eigenvalue weighted by atomic mass is 10.0. The van der Waals surface area contributed by atoms with Crippen molar-refractivity contribution in [1.82, 2.24) is 15.1 Å². The maximum Gasteiger partial charge on any atom is 0.243 e. The van der Waals surface area contributed by atoms with Crippen molar-refractivity contribution in [3.63, 3.8) is 0 Å². The number of amides is 1. The lowest BCUT2D eigenvalue weighted by Crippen LogP contribution is -2.45. The Morgan fingerprint density at radius 2 is 2.00 bits per heavy atom. The molecule has 2 aliphatic rings. The summed E-state index contributed by atoms with van der Waals surface area (Å²) in [6, 6.07) is 0.471. The van der Waals surface area contributed by atoms with Gasteiger partial charge in [-0.2, -0.15) is 0 Å². The number of hydrogen-bond donors (Lipinski definition) is 2. The zero-order valence-electron chi connectivity index (χ0n) is 14.5. The molecular weight excluding hydrogens is 407 g/mol. The van der Waals surface area contributed by atoms with Crippen LogP contribution in [0.4, 0.5) is 0 Å². The van der Waals surface area contributed by atoms with Crippen LogP contribution in [0.1, 0.15) is 39.0 Å². The number of nitrogens with zero attached hydrogens (tertiary/aromatic N) is 3. The van der Waals surface area contributed by atoms with E-state index in [0.717, 1.165) is 25.5 Å². The van der Waals surface area contributed by atoms with Gasteiger partial charge in [-0.3, -0.25) is 4.79 Å². The van der Waals surface area contributed by atoms with Gasteiger partial charge in [0.1, 0.15) is 6.54 Å². The van der Waals surface area contributed by atoms with Gasteiger partial charge >= 0.3 is 0 Å². The zero-order chi connectivity index (χ0) is 16.1. The van der Waals surface area contributed by atoms with Crippen LogP contribution in [-0.2, 0) is 4.79 Å². The van der Waals surface area contributed by atoms with Gasteiger partial charge in [-0.05, 0) is 26.2 Å². The van der Waals surface area contributed by atoms with Crippen LogP contribution in [0.5, 0.6) is 0 Å².